The normalized spacial score (nSPS) is 12.1. The van der Waals surface area contributed by atoms with E-state index in [-0.39, 0.29) is 13.2 Å². The lowest BCUT2D eigenvalue weighted by Crippen LogP contribution is -2.49. The van der Waals surface area contributed by atoms with Gasteiger partial charge >= 0.3 is 6.09 Å². The third-order valence-electron chi connectivity index (χ3n) is 6.27. The van der Waals surface area contributed by atoms with Gasteiger partial charge in [0.05, 0.1) is 26.0 Å². The maximum Gasteiger partial charge on any atom is 0.408 e. The fraction of sp³-hybridized carbons (Fsp3) is 0.382. The molecule has 3 rings (SSSR count). The number of benzene rings is 3. The topological polar surface area (TPSA) is 107 Å². The Hall–Kier alpha value is -4.37. The van der Waals surface area contributed by atoms with E-state index in [1.807, 2.05) is 49.4 Å². The van der Waals surface area contributed by atoms with Gasteiger partial charge in [0, 0.05) is 0 Å². The Morgan fingerprint density at radius 2 is 1.60 bits per heavy atom. The van der Waals surface area contributed by atoms with E-state index in [1.54, 1.807) is 26.8 Å². The summed E-state index contributed by atoms with van der Waals surface area (Å²) in [7, 11) is 0. The van der Waals surface area contributed by atoms with Gasteiger partial charge in [0.2, 0.25) is 0 Å². The number of rotatable bonds is 13. The van der Waals surface area contributed by atoms with Crippen LogP contribution in [-0.4, -0.2) is 43.1 Å². The molecule has 9 heteroatoms. The lowest BCUT2D eigenvalue weighted by atomic mass is 10.0. The summed E-state index contributed by atoms with van der Waals surface area (Å²) in [5, 5.41) is 6.67. The Kier molecular flexibility index (Phi) is 12.1. The second kappa shape index (κ2) is 15.7. The number of ether oxygens (including phenoxy) is 4. The Morgan fingerprint density at radius 3 is 2.26 bits per heavy atom. The van der Waals surface area contributed by atoms with Crippen molar-refractivity contribution in [2.75, 3.05) is 13.2 Å². The zero-order chi connectivity index (χ0) is 31.4. The molecule has 0 radical (unpaired) electrons. The molecule has 0 saturated heterocycles. The molecule has 0 aromatic heterocycles. The van der Waals surface area contributed by atoms with E-state index in [0.29, 0.717) is 30.3 Å². The van der Waals surface area contributed by atoms with Crippen LogP contribution in [0.1, 0.15) is 61.1 Å². The number of hydrogen-bond donors (Lipinski definition) is 2. The van der Waals surface area contributed by atoms with Crippen LogP contribution in [0.3, 0.4) is 0 Å². The van der Waals surface area contributed by atoms with Crippen molar-refractivity contribution in [2.45, 2.75) is 73.3 Å². The number of amides is 2. The molecule has 230 valence electrons. The predicted octanol–water partition coefficient (Wildman–Crippen LogP) is 6.15. The fourth-order valence-electron chi connectivity index (χ4n) is 4.33. The minimum absolute atomic E-state index is 0.0735. The van der Waals surface area contributed by atoms with Crippen LogP contribution in [0.25, 0.3) is 0 Å². The summed E-state index contributed by atoms with van der Waals surface area (Å²) in [6.45, 7) is 14.5. The molecule has 0 aliphatic heterocycles. The molecular weight excluding hydrogens is 546 g/mol. The van der Waals surface area contributed by atoms with Crippen molar-refractivity contribution in [3.05, 3.63) is 94.0 Å². The summed E-state index contributed by atoms with van der Waals surface area (Å²) in [5.74, 6) is 0.627. The molecular formula is C34H43N3O6. The van der Waals surface area contributed by atoms with Crippen molar-refractivity contribution < 1.29 is 28.5 Å². The monoisotopic (exact) mass is 589 g/mol. The van der Waals surface area contributed by atoms with E-state index in [4.69, 9.17) is 18.9 Å². The molecule has 3 aromatic carbocycles. The lowest BCUT2D eigenvalue weighted by Gasteiger charge is -2.22. The summed E-state index contributed by atoms with van der Waals surface area (Å²) in [6, 6.07) is 18.2. The maximum atomic E-state index is 13.0. The molecule has 2 amide bonds. The zero-order valence-electron chi connectivity index (χ0n) is 26.2. The van der Waals surface area contributed by atoms with E-state index >= 15 is 0 Å². The third kappa shape index (κ3) is 11.1. The maximum absolute atomic E-state index is 13.0. The number of alkyl carbamates (subject to hydrolysis) is 1. The van der Waals surface area contributed by atoms with E-state index in [0.717, 1.165) is 11.1 Å². The molecule has 3 aromatic rings. The number of carbonyl (C=O) groups excluding carboxylic acids is 2. The standard InChI is InChI=1S/C34H43N3O6/c1-8-41-31-18-27(14-15-30(31)42-21-28-24(3)16-23(2)17-25(28)4)19-35-37-32(38)29(36-33(39)43-34(5,6)7)22-40-20-26-12-10-9-11-13-26/h9-19,29H,8,20-22H2,1-7H3,(H,36,39)(H,37,38)/b35-19-/t29-/m0/s1. The van der Waals surface area contributed by atoms with Crippen molar-refractivity contribution in [1.29, 1.82) is 0 Å². The largest absolute Gasteiger partial charge is 0.490 e. The smallest absolute Gasteiger partial charge is 0.408 e. The molecule has 0 unspecified atom stereocenters. The molecule has 0 heterocycles. The van der Waals surface area contributed by atoms with Gasteiger partial charge in [-0.05, 0) is 94.5 Å². The average molecular weight is 590 g/mol. The summed E-state index contributed by atoms with van der Waals surface area (Å²) in [5.41, 5.74) is 8.12. The third-order valence-corrected chi connectivity index (χ3v) is 6.27. The van der Waals surface area contributed by atoms with Crippen molar-refractivity contribution in [2.24, 2.45) is 5.10 Å². The van der Waals surface area contributed by atoms with Crippen molar-refractivity contribution in [3.8, 4) is 11.5 Å². The first kappa shape index (κ1) is 33.1. The van der Waals surface area contributed by atoms with Gasteiger partial charge in [0.1, 0.15) is 18.2 Å². The highest BCUT2D eigenvalue weighted by Crippen LogP contribution is 2.30. The lowest BCUT2D eigenvalue weighted by molar-refractivity contribution is -0.124. The van der Waals surface area contributed by atoms with Gasteiger partial charge in [0.25, 0.3) is 5.91 Å². The zero-order valence-corrected chi connectivity index (χ0v) is 26.2. The molecule has 1 atom stereocenters. The second-order valence-corrected chi connectivity index (χ2v) is 11.2. The Balaban J connectivity index is 1.66. The second-order valence-electron chi connectivity index (χ2n) is 11.2. The SMILES string of the molecule is CCOc1cc(/C=N\NC(=O)[C@H](COCc2ccccc2)NC(=O)OC(C)(C)C)ccc1OCc1c(C)cc(C)cc1C. The number of carbonyl (C=O) groups is 2. The summed E-state index contributed by atoms with van der Waals surface area (Å²) in [4.78, 5) is 25.4. The van der Waals surface area contributed by atoms with Crippen LogP contribution in [0.2, 0.25) is 0 Å². The van der Waals surface area contributed by atoms with Gasteiger partial charge in [-0.25, -0.2) is 10.2 Å². The Bertz CT molecular complexity index is 1380. The molecule has 43 heavy (non-hydrogen) atoms. The van der Waals surface area contributed by atoms with E-state index in [1.165, 1.54) is 22.9 Å². The fourth-order valence-corrected chi connectivity index (χ4v) is 4.33. The van der Waals surface area contributed by atoms with E-state index in [9.17, 15) is 9.59 Å². The van der Waals surface area contributed by atoms with Gasteiger partial charge in [-0.2, -0.15) is 5.10 Å². The van der Waals surface area contributed by atoms with Gasteiger partial charge in [0.15, 0.2) is 11.5 Å². The Morgan fingerprint density at radius 1 is 0.907 bits per heavy atom. The molecule has 0 aliphatic carbocycles. The van der Waals surface area contributed by atoms with Crippen LogP contribution < -0.4 is 20.2 Å². The van der Waals surface area contributed by atoms with E-state index < -0.39 is 23.6 Å². The highest BCUT2D eigenvalue weighted by molar-refractivity contribution is 5.87. The highest BCUT2D eigenvalue weighted by atomic mass is 16.6. The first-order chi connectivity index (χ1) is 20.4. The molecule has 0 fully saturated rings. The van der Waals surface area contributed by atoms with Crippen molar-refractivity contribution in [1.82, 2.24) is 10.7 Å². The summed E-state index contributed by atoms with van der Waals surface area (Å²) >= 11 is 0. The van der Waals surface area contributed by atoms with Crippen LogP contribution >= 0.6 is 0 Å². The number of hydrogen-bond acceptors (Lipinski definition) is 7. The molecule has 0 spiro atoms. The first-order valence-corrected chi connectivity index (χ1v) is 14.4. The minimum atomic E-state index is -1.03. The molecule has 0 saturated carbocycles. The quantitative estimate of drug-likeness (QED) is 0.183. The van der Waals surface area contributed by atoms with Gasteiger partial charge in [-0.1, -0.05) is 48.0 Å². The average Bonchev–Trinajstić information content (AvgIpc) is 2.92. The number of hydrazone groups is 1. The number of nitrogens with one attached hydrogen (secondary N) is 2. The summed E-state index contributed by atoms with van der Waals surface area (Å²) in [6.07, 6.45) is 0.765. The molecule has 0 aliphatic rings. The number of aryl methyl sites for hydroxylation is 3. The highest BCUT2D eigenvalue weighted by Gasteiger charge is 2.24. The van der Waals surface area contributed by atoms with Crippen molar-refractivity contribution in [3.63, 3.8) is 0 Å². The van der Waals surface area contributed by atoms with E-state index in [2.05, 4.69) is 48.7 Å². The van der Waals surface area contributed by atoms with Crippen LogP contribution in [0.15, 0.2) is 65.8 Å². The minimum Gasteiger partial charge on any atom is -0.490 e. The molecule has 0 bridgehead atoms. The van der Waals surface area contributed by atoms with Crippen LogP contribution in [0.5, 0.6) is 11.5 Å². The Labute approximate surface area is 254 Å². The van der Waals surface area contributed by atoms with Gasteiger partial charge in [-0.15, -0.1) is 0 Å². The predicted molar refractivity (Wildman–Crippen MR) is 168 cm³/mol. The number of nitrogens with zero attached hydrogens (tertiary/aromatic N) is 1. The summed E-state index contributed by atoms with van der Waals surface area (Å²) < 4.78 is 23.0. The molecule has 9 nitrogen and oxygen atoms in total. The van der Waals surface area contributed by atoms with Gasteiger partial charge in [-0.3, -0.25) is 4.79 Å². The van der Waals surface area contributed by atoms with Gasteiger partial charge < -0.3 is 24.3 Å². The first-order valence-electron chi connectivity index (χ1n) is 14.4. The van der Waals surface area contributed by atoms with Crippen molar-refractivity contribution >= 4 is 18.2 Å². The molecule has 2 N–H and O–H groups in total. The van der Waals surface area contributed by atoms with Crippen LogP contribution in [0.4, 0.5) is 4.79 Å². The van der Waals surface area contributed by atoms with Crippen LogP contribution in [-0.2, 0) is 27.5 Å². The van der Waals surface area contributed by atoms with Crippen LogP contribution in [0, 0.1) is 20.8 Å².